The molecule has 4 amide bonds. The lowest BCUT2D eigenvalue weighted by molar-refractivity contribution is -0.145. The van der Waals surface area contributed by atoms with Crippen molar-refractivity contribution in [3.05, 3.63) is 12.7 Å². The van der Waals surface area contributed by atoms with Crippen LogP contribution in [0.4, 0.5) is 4.79 Å². The lowest BCUT2D eigenvalue weighted by Gasteiger charge is -2.45. The highest BCUT2D eigenvalue weighted by atomic mass is 32.2. The van der Waals surface area contributed by atoms with E-state index in [2.05, 4.69) is 36.4 Å². The SMILES string of the molecule is C=CCNC(=O)C(=O)[C@@H](CC(=O)[C@@H]1[C@@H]2[C@H](CN1C(=O)[C@@H](NC(=O)NC1([C@@H]3CCCCS3(=O)=O)CCCCC1)C(C)(C)C)C2(C)C)CC1CC1. The molecule has 0 aromatic heterocycles. The number of urea groups is 1. The number of Topliss-reactive ketones (excluding diaryl/α,β-unsaturated/α-hetero) is 2. The maximum atomic E-state index is 14.5. The Morgan fingerprint density at radius 3 is 2.24 bits per heavy atom. The number of nitrogens with one attached hydrogen (secondary N) is 3. The van der Waals surface area contributed by atoms with Gasteiger partial charge < -0.3 is 20.9 Å². The third-order valence-corrected chi connectivity index (χ3v) is 14.7. The van der Waals surface area contributed by atoms with Gasteiger partial charge in [0.2, 0.25) is 11.7 Å². The monoisotopic (exact) mass is 702 g/mol. The standard InChI is InChI=1S/C37H58N4O7S/c1-7-18-38-32(44)30(43)24(20-23-14-15-23)21-26(42)29-28-25(36(28,5)6)22-41(29)33(45)31(35(2,3)4)39-34(46)40-37(16-10-8-11-17-37)27-13-9-12-19-49(27,47)48/h7,23-25,27-29,31H,1,8-22H2,2-6H3,(H,38,44)(H2,39,40,46)/t24-,25+,27+,28+,29-,31-/m1/s1. The van der Waals surface area contributed by atoms with E-state index in [1.165, 1.54) is 6.08 Å². The van der Waals surface area contributed by atoms with E-state index in [1.807, 2.05) is 20.8 Å². The molecule has 274 valence electrons. The fourth-order valence-corrected chi connectivity index (χ4v) is 11.6. The van der Waals surface area contributed by atoms with Crippen LogP contribution in [0, 0.1) is 34.5 Å². The Kier molecular flexibility index (Phi) is 10.8. The first-order valence-electron chi connectivity index (χ1n) is 18.5. The molecule has 0 unspecified atom stereocenters. The van der Waals surface area contributed by atoms with Crippen LogP contribution in [-0.4, -0.2) is 84.4 Å². The number of likely N-dealkylation sites (tertiary alicyclic amines) is 1. The second-order valence-electron chi connectivity index (χ2n) is 17.3. The molecule has 2 aliphatic heterocycles. The van der Waals surface area contributed by atoms with Gasteiger partial charge in [0.05, 0.1) is 22.6 Å². The lowest BCUT2D eigenvalue weighted by atomic mass is 9.77. The zero-order valence-corrected chi connectivity index (χ0v) is 31.0. The Bertz CT molecular complexity index is 1440. The van der Waals surface area contributed by atoms with E-state index in [1.54, 1.807) is 4.90 Å². The molecule has 0 aromatic carbocycles. The summed E-state index contributed by atoms with van der Waals surface area (Å²) in [5.41, 5.74) is -1.77. The molecule has 0 radical (unpaired) electrons. The maximum Gasteiger partial charge on any atom is 0.315 e. The Balaban J connectivity index is 1.35. The lowest BCUT2D eigenvalue weighted by Crippen LogP contribution is -2.65. The van der Waals surface area contributed by atoms with Gasteiger partial charge in [0, 0.05) is 25.4 Å². The summed E-state index contributed by atoms with van der Waals surface area (Å²) in [6.45, 7) is 13.9. The third-order valence-electron chi connectivity index (χ3n) is 12.3. The van der Waals surface area contributed by atoms with Crippen LogP contribution in [0.3, 0.4) is 0 Å². The average Bonchev–Trinajstić information content (AvgIpc) is 3.88. The molecular formula is C37H58N4O7S. The number of sulfone groups is 1. The molecule has 0 bridgehead atoms. The summed E-state index contributed by atoms with van der Waals surface area (Å²) in [5, 5.41) is 7.96. The van der Waals surface area contributed by atoms with Crippen molar-refractivity contribution in [2.45, 2.75) is 135 Å². The summed E-state index contributed by atoms with van der Waals surface area (Å²) in [7, 11) is -3.38. The third kappa shape index (κ3) is 7.94. The minimum atomic E-state index is -3.38. The zero-order chi connectivity index (χ0) is 35.9. The number of ketones is 2. The Hall–Kier alpha value is -2.76. The maximum absolute atomic E-state index is 14.5. The predicted molar refractivity (Wildman–Crippen MR) is 187 cm³/mol. The van der Waals surface area contributed by atoms with Gasteiger partial charge in [-0.15, -0.1) is 6.58 Å². The summed E-state index contributed by atoms with van der Waals surface area (Å²) in [6, 6.07) is -2.31. The average molecular weight is 703 g/mol. The number of carbonyl (C=O) groups is 5. The minimum Gasteiger partial charge on any atom is -0.346 e. The first-order chi connectivity index (χ1) is 22.9. The second kappa shape index (κ2) is 14.1. The minimum absolute atomic E-state index is 0.0771. The van der Waals surface area contributed by atoms with Gasteiger partial charge >= 0.3 is 6.03 Å². The van der Waals surface area contributed by atoms with Crippen molar-refractivity contribution < 1.29 is 32.4 Å². The number of carbonyl (C=O) groups excluding carboxylic acids is 5. The summed E-state index contributed by atoms with van der Waals surface area (Å²) in [4.78, 5) is 70.1. The fourth-order valence-electron chi connectivity index (χ4n) is 9.22. The van der Waals surface area contributed by atoms with Gasteiger partial charge in [-0.1, -0.05) is 79.2 Å². The number of nitrogens with zero attached hydrogens (tertiary/aromatic N) is 1. The van der Waals surface area contributed by atoms with Crippen LogP contribution in [-0.2, 0) is 29.0 Å². The summed E-state index contributed by atoms with van der Waals surface area (Å²) < 4.78 is 26.5. The van der Waals surface area contributed by atoms with E-state index >= 15 is 0 Å². The quantitative estimate of drug-likeness (QED) is 0.193. The first-order valence-corrected chi connectivity index (χ1v) is 20.2. The molecule has 0 aromatic rings. The van der Waals surface area contributed by atoms with E-state index in [4.69, 9.17) is 0 Å². The number of hydrogen-bond donors (Lipinski definition) is 3. The molecule has 5 rings (SSSR count). The summed E-state index contributed by atoms with van der Waals surface area (Å²) >= 11 is 0. The van der Waals surface area contributed by atoms with E-state index in [9.17, 15) is 32.4 Å². The van der Waals surface area contributed by atoms with Crippen LogP contribution in [0.5, 0.6) is 0 Å². The van der Waals surface area contributed by atoms with Crippen LogP contribution in [0.15, 0.2) is 12.7 Å². The molecule has 6 atom stereocenters. The van der Waals surface area contributed by atoms with Crippen LogP contribution >= 0.6 is 0 Å². The van der Waals surface area contributed by atoms with Crippen molar-refractivity contribution >= 4 is 39.2 Å². The van der Waals surface area contributed by atoms with Crippen LogP contribution in [0.2, 0.25) is 0 Å². The zero-order valence-electron chi connectivity index (χ0n) is 30.1. The van der Waals surface area contributed by atoms with Gasteiger partial charge in [-0.05, 0) is 60.7 Å². The number of piperidine rings is 1. The molecule has 12 heteroatoms. The highest BCUT2D eigenvalue weighted by molar-refractivity contribution is 7.92. The summed E-state index contributed by atoms with van der Waals surface area (Å²) in [6.07, 6.45) is 9.51. The van der Waals surface area contributed by atoms with Crippen LogP contribution < -0.4 is 16.0 Å². The normalized spacial score (nSPS) is 29.4. The molecule has 11 nitrogen and oxygen atoms in total. The second-order valence-corrected chi connectivity index (χ2v) is 19.6. The molecule has 5 fully saturated rings. The van der Waals surface area contributed by atoms with Gasteiger partial charge in [0.1, 0.15) is 6.04 Å². The Labute approximate surface area is 292 Å². The van der Waals surface area contributed by atoms with E-state index in [0.717, 1.165) is 38.5 Å². The van der Waals surface area contributed by atoms with Crippen molar-refractivity contribution in [2.75, 3.05) is 18.8 Å². The van der Waals surface area contributed by atoms with Gasteiger partial charge in [-0.3, -0.25) is 19.2 Å². The molecular weight excluding hydrogens is 644 g/mol. The number of amides is 4. The van der Waals surface area contributed by atoms with Crippen molar-refractivity contribution in [1.29, 1.82) is 0 Å². The molecule has 3 saturated carbocycles. The van der Waals surface area contributed by atoms with E-state index in [0.29, 0.717) is 44.6 Å². The topological polar surface area (TPSA) is 159 Å². The fraction of sp³-hybridized carbons (Fsp3) is 0.811. The largest absolute Gasteiger partial charge is 0.346 e. The molecule has 49 heavy (non-hydrogen) atoms. The molecule has 3 aliphatic carbocycles. The van der Waals surface area contributed by atoms with E-state index in [-0.39, 0.29) is 47.7 Å². The molecule has 2 saturated heterocycles. The number of hydrogen-bond acceptors (Lipinski definition) is 7. The van der Waals surface area contributed by atoms with E-state index < -0.39 is 61.8 Å². The van der Waals surface area contributed by atoms with Crippen LogP contribution in [0.25, 0.3) is 0 Å². The van der Waals surface area contributed by atoms with Crippen LogP contribution in [0.1, 0.15) is 112 Å². The molecule has 2 heterocycles. The Morgan fingerprint density at radius 2 is 1.65 bits per heavy atom. The van der Waals surface area contributed by atoms with Crippen molar-refractivity contribution in [1.82, 2.24) is 20.9 Å². The van der Waals surface area contributed by atoms with Gasteiger partial charge in [-0.2, -0.15) is 0 Å². The van der Waals surface area contributed by atoms with Crippen molar-refractivity contribution in [2.24, 2.45) is 34.5 Å². The predicted octanol–water partition coefficient (Wildman–Crippen LogP) is 4.10. The van der Waals surface area contributed by atoms with Crippen molar-refractivity contribution in [3.63, 3.8) is 0 Å². The van der Waals surface area contributed by atoms with Gasteiger partial charge in [0.15, 0.2) is 15.6 Å². The van der Waals surface area contributed by atoms with Crippen molar-refractivity contribution in [3.8, 4) is 0 Å². The number of fused-ring (bicyclic) bond motifs is 1. The summed E-state index contributed by atoms with van der Waals surface area (Å²) in [5.74, 6) is -2.20. The smallest absolute Gasteiger partial charge is 0.315 e. The molecule has 0 spiro atoms. The first kappa shape index (κ1) is 37.5. The molecule has 5 aliphatic rings. The van der Waals surface area contributed by atoms with Gasteiger partial charge in [0.25, 0.3) is 5.91 Å². The Morgan fingerprint density at radius 1 is 0.980 bits per heavy atom. The highest BCUT2D eigenvalue weighted by Gasteiger charge is 2.69. The van der Waals surface area contributed by atoms with Gasteiger partial charge in [-0.25, -0.2) is 13.2 Å². The number of rotatable bonds is 13. The highest BCUT2D eigenvalue weighted by Crippen LogP contribution is 2.65. The molecule has 3 N–H and O–H groups in total.